The van der Waals surface area contributed by atoms with Gasteiger partial charge in [0.05, 0.1) is 25.0 Å². The van der Waals surface area contributed by atoms with Crippen molar-refractivity contribution >= 4 is 5.82 Å². The molecule has 1 aromatic heterocycles. The summed E-state index contributed by atoms with van der Waals surface area (Å²) in [5.41, 5.74) is 1.00. The van der Waals surface area contributed by atoms with Crippen LogP contribution in [-0.2, 0) is 4.74 Å². The second kappa shape index (κ2) is 5.42. The fourth-order valence-corrected chi connectivity index (χ4v) is 1.85. The van der Waals surface area contributed by atoms with Gasteiger partial charge in [-0.2, -0.15) is 5.10 Å². The van der Waals surface area contributed by atoms with Crippen molar-refractivity contribution in [3.63, 3.8) is 0 Å². The maximum absolute atomic E-state index is 9.08. The van der Waals surface area contributed by atoms with Gasteiger partial charge in [-0.25, -0.2) is 0 Å². The molecule has 0 spiro atoms. The van der Waals surface area contributed by atoms with E-state index in [9.17, 15) is 0 Å². The summed E-state index contributed by atoms with van der Waals surface area (Å²) in [6.07, 6.45) is -0.115. The van der Waals surface area contributed by atoms with Crippen molar-refractivity contribution in [2.24, 2.45) is 0 Å². The van der Waals surface area contributed by atoms with E-state index in [1.165, 1.54) is 0 Å². The van der Waals surface area contributed by atoms with E-state index in [2.05, 4.69) is 28.9 Å². The maximum Gasteiger partial charge on any atom is 0.151 e. The summed E-state index contributed by atoms with van der Waals surface area (Å²) in [6.45, 7) is 6.34. The van der Waals surface area contributed by atoms with E-state index in [-0.39, 0.29) is 12.7 Å². The molecule has 1 N–H and O–H groups in total. The molecule has 1 atom stereocenters. The van der Waals surface area contributed by atoms with Gasteiger partial charge in [0.2, 0.25) is 0 Å². The molecule has 0 amide bonds. The van der Waals surface area contributed by atoms with E-state index in [0.717, 1.165) is 18.1 Å². The molecule has 0 aromatic carbocycles. The molecule has 2 rings (SSSR count). The number of morpholine rings is 1. The quantitative estimate of drug-likeness (QED) is 0.842. The Labute approximate surface area is 101 Å². The molecule has 5 heteroatoms. The highest BCUT2D eigenvalue weighted by Crippen LogP contribution is 2.17. The zero-order chi connectivity index (χ0) is 12.3. The van der Waals surface area contributed by atoms with Crippen LogP contribution < -0.4 is 4.90 Å². The number of aliphatic hydroxyl groups is 1. The Balaban J connectivity index is 2.06. The molecule has 1 fully saturated rings. The van der Waals surface area contributed by atoms with Gasteiger partial charge in [-0.3, -0.25) is 0 Å². The van der Waals surface area contributed by atoms with Crippen molar-refractivity contribution in [1.82, 2.24) is 10.2 Å². The van der Waals surface area contributed by atoms with Gasteiger partial charge >= 0.3 is 0 Å². The number of aromatic nitrogens is 2. The average Bonchev–Trinajstić information content (AvgIpc) is 2.39. The molecular formula is C12H19N3O2. The maximum atomic E-state index is 9.08. The van der Waals surface area contributed by atoms with E-state index in [0.29, 0.717) is 19.1 Å². The van der Waals surface area contributed by atoms with Crippen LogP contribution in [0, 0.1) is 0 Å². The van der Waals surface area contributed by atoms with Crippen LogP contribution in [0.15, 0.2) is 12.1 Å². The summed E-state index contributed by atoms with van der Waals surface area (Å²) in [5.74, 6) is 1.25. The highest BCUT2D eigenvalue weighted by molar-refractivity contribution is 5.38. The van der Waals surface area contributed by atoms with Gasteiger partial charge in [-0.1, -0.05) is 13.8 Å². The Bertz CT molecular complexity index is 353. The van der Waals surface area contributed by atoms with Crippen molar-refractivity contribution in [3.8, 4) is 0 Å². The van der Waals surface area contributed by atoms with Crippen LogP contribution in [0.2, 0.25) is 0 Å². The minimum Gasteiger partial charge on any atom is -0.394 e. The van der Waals surface area contributed by atoms with Crippen molar-refractivity contribution in [1.29, 1.82) is 0 Å². The first kappa shape index (κ1) is 12.3. The molecule has 94 valence electrons. The fraction of sp³-hybridized carbons (Fsp3) is 0.667. The number of rotatable bonds is 3. The Hall–Kier alpha value is -1.20. The molecule has 1 saturated heterocycles. The van der Waals surface area contributed by atoms with Crippen LogP contribution in [-0.4, -0.2) is 47.7 Å². The van der Waals surface area contributed by atoms with Crippen LogP contribution in [0.4, 0.5) is 5.82 Å². The Kier molecular flexibility index (Phi) is 3.91. The molecule has 0 saturated carbocycles. The molecule has 0 bridgehead atoms. The summed E-state index contributed by atoms with van der Waals surface area (Å²) in [4.78, 5) is 2.10. The molecule has 17 heavy (non-hydrogen) atoms. The lowest BCUT2D eigenvalue weighted by Gasteiger charge is -2.32. The van der Waals surface area contributed by atoms with E-state index in [1.54, 1.807) is 0 Å². The molecule has 1 aliphatic heterocycles. The Morgan fingerprint density at radius 3 is 2.88 bits per heavy atom. The molecule has 2 heterocycles. The predicted octanol–water partition coefficient (Wildman–Crippen LogP) is 0.797. The number of aliphatic hydroxyl groups excluding tert-OH is 1. The molecule has 1 aromatic rings. The molecule has 0 radical (unpaired) electrons. The topological polar surface area (TPSA) is 58.5 Å². The van der Waals surface area contributed by atoms with Crippen LogP contribution >= 0.6 is 0 Å². The first-order valence-corrected chi connectivity index (χ1v) is 6.01. The summed E-state index contributed by atoms with van der Waals surface area (Å²) in [6, 6.07) is 4.00. The number of hydrogen-bond donors (Lipinski definition) is 1. The van der Waals surface area contributed by atoms with Crippen molar-refractivity contribution < 1.29 is 9.84 Å². The normalized spacial score (nSPS) is 20.9. The van der Waals surface area contributed by atoms with Crippen LogP contribution in [0.3, 0.4) is 0 Å². The van der Waals surface area contributed by atoms with E-state index >= 15 is 0 Å². The third-order valence-corrected chi connectivity index (χ3v) is 2.93. The van der Waals surface area contributed by atoms with Gasteiger partial charge in [0.25, 0.3) is 0 Å². The van der Waals surface area contributed by atoms with Gasteiger partial charge < -0.3 is 14.7 Å². The first-order chi connectivity index (χ1) is 8.20. The van der Waals surface area contributed by atoms with E-state index in [1.807, 2.05) is 12.1 Å². The average molecular weight is 237 g/mol. The van der Waals surface area contributed by atoms with Crippen molar-refractivity contribution in [2.75, 3.05) is 31.2 Å². The monoisotopic (exact) mass is 237 g/mol. The zero-order valence-electron chi connectivity index (χ0n) is 10.3. The molecular weight excluding hydrogens is 218 g/mol. The number of anilines is 1. The lowest BCUT2D eigenvalue weighted by Crippen LogP contribution is -2.44. The fourth-order valence-electron chi connectivity index (χ4n) is 1.85. The summed E-state index contributed by atoms with van der Waals surface area (Å²) >= 11 is 0. The Morgan fingerprint density at radius 2 is 2.29 bits per heavy atom. The Morgan fingerprint density at radius 1 is 1.47 bits per heavy atom. The van der Waals surface area contributed by atoms with Crippen molar-refractivity contribution in [2.45, 2.75) is 25.9 Å². The summed E-state index contributed by atoms with van der Waals surface area (Å²) in [7, 11) is 0. The second-order valence-corrected chi connectivity index (χ2v) is 4.59. The van der Waals surface area contributed by atoms with Gasteiger partial charge in [-0.05, 0) is 18.1 Å². The molecule has 5 nitrogen and oxygen atoms in total. The van der Waals surface area contributed by atoms with Crippen LogP contribution in [0.1, 0.15) is 25.5 Å². The largest absolute Gasteiger partial charge is 0.394 e. The van der Waals surface area contributed by atoms with E-state index in [4.69, 9.17) is 9.84 Å². The van der Waals surface area contributed by atoms with Crippen LogP contribution in [0.25, 0.3) is 0 Å². The number of hydrogen-bond acceptors (Lipinski definition) is 5. The number of ether oxygens (including phenoxy) is 1. The molecule has 1 aliphatic rings. The van der Waals surface area contributed by atoms with Gasteiger partial charge in [0.1, 0.15) is 0 Å². The summed E-state index contributed by atoms with van der Waals surface area (Å²) < 4.78 is 5.40. The predicted molar refractivity (Wildman–Crippen MR) is 65.2 cm³/mol. The van der Waals surface area contributed by atoms with Crippen LogP contribution in [0.5, 0.6) is 0 Å². The lowest BCUT2D eigenvalue weighted by molar-refractivity contribution is 0.00332. The minimum absolute atomic E-state index is 0.0496. The van der Waals surface area contributed by atoms with Gasteiger partial charge in [0, 0.05) is 13.1 Å². The standard InChI is InChI=1S/C12H19N3O2/c1-9(2)11-3-4-12(14-13-11)15-5-6-17-10(7-15)8-16/h3-4,9-10,16H,5-8H2,1-2H3. The smallest absolute Gasteiger partial charge is 0.151 e. The zero-order valence-corrected chi connectivity index (χ0v) is 10.3. The summed E-state index contributed by atoms with van der Waals surface area (Å²) in [5, 5.41) is 17.5. The van der Waals surface area contributed by atoms with Gasteiger partial charge in [0.15, 0.2) is 5.82 Å². The minimum atomic E-state index is -0.115. The first-order valence-electron chi connectivity index (χ1n) is 6.01. The van der Waals surface area contributed by atoms with Crippen molar-refractivity contribution in [3.05, 3.63) is 17.8 Å². The molecule has 0 aliphatic carbocycles. The van der Waals surface area contributed by atoms with Gasteiger partial charge in [-0.15, -0.1) is 5.10 Å². The highest BCUT2D eigenvalue weighted by atomic mass is 16.5. The SMILES string of the molecule is CC(C)c1ccc(N2CCOC(CO)C2)nn1. The lowest BCUT2D eigenvalue weighted by atomic mass is 10.1. The number of nitrogens with zero attached hydrogens (tertiary/aromatic N) is 3. The third kappa shape index (κ3) is 2.92. The third-order valence-electron chi connectivity index (χ3n) is 2.93. The highest BCUT2D eigenvalue weighted by Gasteiger charge is 2.21. The second-order valence-electron chi connectivity index (χ2n) is 4.59. The van der Waals surface area contributed by atoms with E-state index < -0.39 is 0 Å². The molecule has 1 unspecified atom stereocenters.